The molecule has 27 heavy (non-hydrogen) atoms. The van der Waals surface area contributed by atoms with Crippen molar-refractivity contribution in [2.24, 2.45) is 5.73 Å². The van der Waals surface area contributed by atoms with Gasteiger partial charge in [-0.2, -0.15) is 12.6 Å². The monoisotopic (exact) mass is 408 g/mol. The molecule has 0 aliphatic heterocycles. The number of hydrogen-bond donors (Lipinski definition) is 8. The van der Waals surface area contributed by atoms with Crippen LogP contribution in [0.3, 0.4) is 0 Å². The SMILES string of the molecule is CC(O)C(NC(=O)C(CCC(=O)O)NC(=O)C(CS)NC(=O)CN)C(=O)O. The lowest BCUT2D eigenvalue weighted by atomic mass is 10.1. The molecule has 0 saturated carbocycles. The Labute approximate surface area is 160 Å². The van der Waals surface area contributed by atoms with Crippen LogP contribution in [-0.2, 0) is 24.0 Å². The largest absolute Gasteiger partial charge is 0.481 e. The van der Waals surface area contributed by atoms with Crippen LogP contribution in [0.1, 0.15) is 19.8 Å². The third-order valence-corrected chi connectivity index (χ3v) is 3.71. The van der Waals surface area contributed by atoms with Crippen LogP contribution in [-0.4, -0.2) is 81.5 Å². The van der Waals surface area contributed by atoms with Crippen LogP contribution < -0.4 is 21.7 Å². The molecule has 12 nitrogen and oxygen atoms in total. The molecule has 8 N–H and O–H groups in total. The first-order chi connectivity index (χ1) is 12.5. The number of nitrogens with one attached hydrogen (secondary N) is 3. The fourth-order valence-corrected chi connectivity index (χ4v) is 2.16. The fraction of sp³-hybridized carbons (Fsp3) is 0.643. The summed E-state index contributed by atoms with van der Waals surface area (Å²) in [7, 11) is 0. The van der Waals surface area contributed by atoms with Gasteiger partial charge in [0.25, 0.3) is 0 Å². The Morgan fingerprint density at radius 1 is 1.00 bits per heavy atom. The molecule has 0 saturated heterocycles. The van der Waals surface area contributed by atoms with E-state index in [0.717, 1.165) is 6.92 Å². The van der Waals surface area contributed by atoms with Gasteiger partial charge >= 0.3 is 11.9 Å². The number of amides is 3. The van der Waals surface area contributed by atoms with Gasteiger partial charge in [0, 0.05) is 12.2 Å². The van der Waals surface area contributed by atoms with Crippen molar-refractivity contribution < 1.29 is 39.3 Å². The van der Waals surface area contributed by atoms with Crippen LogP contribution in [0, 0.1) is 0 Å². The molecule has 4 unspecified atom stereocenters. The van der Waals surface area contributed by atoms with E-state index in [4.69, 9.17) is 15.9 Å². The number of rotatable bonds is 12. The number of hydrogen-bond acceptors (Lipinski definition) is 8. The standard InChI is InChI=1S/C14H24N4O8S/c1-6(19)11(14(25)26)18-12(23)7(2-3-10(21)22)17-13(24)8(5-27)16-9(20)4-15/h6-8,11,19,27H,2-5,15H2,1H3,(H,16,20)(H,17,24)(H,18,23)(H,21,22)(H,25,26). The maximum atomic E-state index is 12.3. The molecular formula is C14H24N4O8S. The van der Waals surface area contributed by atoms with Gasteiger partial charge < -0.3 is 37.0 Å². The van der Waals surface area contributed by atoms with Crippen LogP contribution in [0.25, 0.3) is 0 Å². The fourth-order valence-electron chi connectivity index (χ4n) is 1.90. The third-order valence-electron chi connectivity index (χ3n) is 3.35. The highest BCUT2D eigenvalue weighted by molar-refractivity contribution is 7.80. The summed E-state index contributed by atoms with van der Waals surface area (Å²) in [6.07, 6.45) is -2.27. The molecule has 4 atom stereocenters. The van der Waals surface area contributed by atoms with Crippen molar-refractivity contribution in [3.8, 4) is 0 Å². The number of aliphatic hydroxyl groups is 1. The number of aliphatic carboxylic acids is 2. The molecule has 0 aromatic rings. The Kier molecular flexibility index (Phi) is 11.0. The van der Waals surface area contributed by atoms with E-state index in [-0.39, 0.29) is 18.7 Å². The minimum Gasteiger partial charge on any atom is -0.481 e. The Bertz CT molecular complexity index is 571. The van der Waals surface area contributed by atoms with Crippen LogP contribution in [0.4, 0.5) is 0 Å². The molecule has 13 heteroatoms. The summed E-state index contributed by atoms with van der Waals surface area (Å²) < 4.78 is 0. The van der Waals surface area contributed by atoms with Gasteiger partial charge in [-0.3, -0.25) is 19.2 Å². The first-order valence-electron chi connectivity index (χ1n) is 7.87. The van der Waals surface area contributed by atoms with Gasteiger partial charge in [0.05, 0.1) is 12.6 Å². The number of nitrogens with two attached hydrogens (primary N) is 1. The molecule has 0 aromatic heterocycles. The second-order valence-electron chi connectivity index (χ2n) is 5.57. The number of carbonyl (C=O) groups excluding carboxylic acids is 3. The molecule has 3 amide bonds. The summed E-state index contributed by atoms with van der Waals surface area (Å²) in [5.74, 6) is -5.35. The van der Waals surface area contributed by atoms with Gasteiger partial charge in [-0.15, -0.1) is 0 Å². The summed E-state index contributed by atoms with van der Waals surface area (Å²) in [6, 6.07) is -4.21. The minimum absolute atomic E-state index is 0.129. The molecule has 0 spiro atoms. The normalized spacial score (nSPS) is 15.0. The Morgan fingerprint density at radius 3 is 1.96 bits per heavy atom. The zero-order valence-corrected chi connectivity index (χ0v) is 15.4. The topological polar surface area (TPSA) is 208 Å². The van der Waals surface area contributed by atoms with Crippen LogP contribution >= 0.6 is 12.6 Å². The van der Waals surface area contributed by atoms with Crippen molar-refractivity contribution in [3.63, 3.8) is 0 Å². The van der Waals surface area contributed by atoms with E-state index in [1.165, 1.54) is 0 Å². The van der Waals surface area contributed by atoms with E-state index in [0.29, 0.717) is 0 Å². The average molecular weight is 408 g/mol. The average Bonchev–Trinajstić information content (AvgIpc) is 2.59. The number of aliphatic hydroxyl groups excluding tert-OH is 1. The zero-order chi connectivity index (χ0) is 21.1. The summed E-state index contributed by atoms with van der Waals surface area (Å²) in [5.41, 5.74) is 5.14. The molecule has 0 bridgehead atoms. The molecular weight excluding hydrogens is 384 g/mol. The predicted molar refractivity (Wildman–Crippen MR) is 94.9 cm³/mol. The van der Waals surface area contributed by atoms with Crippen LogP contribution in [0.2, 0.25) is 0 Å². The van der Waals surface area contributed by atoms with Gasteiger partial charge in [0.15, 0.2) is 6.04 Å². The highest BCUT2D eigenvalue weighted by Crippen LogP contribution is 2.03. The van der Waals surface area contributed by atoms with Gasteiger partial charge in [0.2, 0.25) is 17.7 Å². The van der Waals surface area contributed by atoms with Gasteiger partial charge in [-0.05, 0) is 13.3 Å². The van der Waals surface area contributed by atoms with Crippen molar-refractivity contribution >= 4 is 42.3 Å². The molecule has 0 fully saturated rings. The minimum atomic E-state index is -1.65. The maximum Gasteiger partial charge on any atom is 0.328 e. The van der Waals surface area contributed by atoms with Crippen molar-refractivity contribution in [2.75, 3.05) is 12.3 Å². The van der Waals surface area contributed by atoms with Gasteiger partial charge in [-0.25, -0.2) is 4.79 Å². The van der Waals surface area contributed by atoms with Crippen molar-refractivity contribution in [3.05, 3.63) is 0 Å². The van der Waals surface area contributed by atoms with E-state index in [9.17, 15) is 29.1 Å². The quantitative estimate of drug-likeness (QED) is 0.152. The summed E-state index contributed by atoms with van der Waals surface area (Å²) in [5, 5.41) is 33.7. The second kappa shape index (κ2) is 12.1. The molecule has 0 aliphatic carbocycles. The van der Waals surface area contributed by atoms with E-state index in [1.54, 1.807) is 0 Å². The molecule has 0 radical (unpaired) electrons. The molecule has 0 rings (SSSR count). The van der Waals surface area contributed by atoms with E-state index in [2.05, 4.69) is 23.3 Å². The summed E-state index contributed by atoms with van der Waals surface area (Å²) >= 11 is 3.91. The summed E-state index contributed by atoms with van der Waals surface area (Å²) in [6.45, 7) is 0.762. The lowest BCUT2D eigenvalue weighted by Crippen LogP contribution is -2.58. The van der Waals surface area contributed by atoms with Gasteiger partial charge in [0.1, 0.15) is 12.1 Å². The van der Waals surface area contributed by atoms with E-state index in [1.807, 2.05) is 5.32 Å². The van der Waals surface area contributed by atoms with Crippen LogP contribution in [0.15, 0.2) is 0 Å². The maximum absolute atomic E-state index is 12.3. The van der Waals surface area contributed by atoms with Crippen molar-refractivity contribution in [1.82, 2.24) is 16.0 Å². The number of carboxylic acids is 2. The Balaban J connectivity index is 5.24. The molecule has 0 heterocycles. The summed E-state index contributed by atoms with van der Waals surface area (Å²) in [4.78, 5) is 57.7. The lowest BCUT2D eigenvalue weighted by molar-refractivity contribution is -0.145. The van der Waals surface area contributed by atoms with E-state index >= 15 is 0 Å². The lowest BCUT2D eigenvalue weighted by Gasteiger charge is -2.24. The highest BCUT2D eigenvalue weighted by atomic mass is 32.1. The zero-order valence-electron chi connectivity index (χ0n) is 14.5. The Hall–Kier alpha value is -2.38. The molecule has 0 aliphatic rings. The van der Waals surface area contributed by atoms with Crippen LogP contribution in [0.5, 0.6) is 0 Å². The number of carboxylic acid groups (broad SMARTS) is 2. The molecule has 154 valence electrons. The first kappa shape index (κ1) is 24.6. The highest BCUT2D eigenvalue weighted by Gasteiger charge is 2.31. The Morgan fingerprint density at radius 2 is 1.56 bits per heavy atom. The predicted octanol–water partition coefficient (Wildman–Crippen LogP) is -3.34. The first-order valence-corrected chi connectivity index (χ1v) is 8.50. The third kappa shape index (κ3) is 9.21. The number of carbonyl (C=O) groups is 5. The number of thiol groups is 1. The van der Waals surface area contributed by atoms with Gasteiger partial charge in [-0.1, -0.05) is 0 Å². The van der Waals surface area contributed by atoms with Crippen molar-refractivity contribution in [2.45, 2.75) is 44.0 Å². The smallest absolute Gasteiger partial charge is 0.328 e. The van der Waals surface area contributed by atoms with E-state index < -0.39 is 60.3 Å². The second-order valence-corrected chi connectivity index (χ2v) is 5.93. The molecule has 0 aromatic carbocycles. The van der Waals surface area contributed by atoms with Crippen molar-refractivity contribution in [1.29, 1.82) is 0 Å².